The van der Waals surface area contributed by atoms with Gasteiger partial charge in [0.25, 0.3) is 5.91 Å². The minimum absolute atomic E-state index is 0.0503. The second kappa shape index (κ2) is 9.73. The van der Waals surface area contributed by atoms with Crippen molar-refractivity contribution in [3.8, 4) is 23.7 Å². The van der Waals surface area contributed by atoms with Gasteiger partial charge in [-0.25, -0.2) is 0 Å². The maximum atomic E-state index is 11.5. The molecule has 0 atom stereocenters. The van der Waals surface area contributed by atoms with Gasteiger partial charge < -0.3 is 20.5 Å². The number of aliphatic hydroxyl groups excluding tert-OH is 1. The van der Waals surface area contributed by atoms with Crippen LogP contribution in [-0.4, -0.2) is 24.6 Å². The highest BCUT2D eigenvalue weighted by Gasteiger charge is 2.12. The van der Waals surface area contributed by atoms with Crippen molar-refractivity contribution < 1.29 is 14.6 Å². The maximum absolute atomic E-state index is 11.5. The summed E-state index contributed by atoms with van der Waals surface area (Å²) in [6, 6.07) is 14.6. The van der Waals surface area contributed by atoms with Gasteiger partial charge >= 0.3 is 0 Å². The molecule has 0 saturated heterocycles. The highest BCUT2D eigenvalue weighted by molar-refractivity contribution is 5.94. The standard InChI is InChI=1S/C25H20N2O3/c1-18-15-16-30-23(24(18)28)17-27-22-13-9-20(10-14-22)6-4-3-5-19-7-11-21(12-8-19)25(29)26-2/h7-16,27-28H,1,17H2,2H3,(H,26,29). The molecule has 0 aromatic heterocycles. The van der Waals surface area contributed by atoms with Gasteiger partial charge in [0.15, 0.2) is 11.5 Å². The third-order valence-electron chi connectivity index (χ3n) is 4.24. The van der Waals surface area contributed by atoms with Gasteiger partial charge in [-0.15, -0.1) is 0 Å². The van der Waals surface area contributed by atoms with Gasteiger partial charge in [-0.1, -0.05) is 18.4 Å². The van der Waals surface area contributed by atoms with Crippen molar-refractivity contribution in [2.24, 2.45) is 0 Å². The lowest BCUT2D eigenvalue weighted by atomic mass is 10.1. The molecule has 1 aliphatic heterocycles. The Balaban J connectivity index is 1.56. The fraction of sp³-hybridized carbons (Fsp3) is 0.0800. The van der Waals surface area contributed by atoms with Crippen LogP contribution in [-0.2, 0) is 4.74 Å². The number of allylic oxidation sites excluding steroid dienone is 1. The van der Waals surface area contributed by atoms with Gasteiger partial charge in [0, 0.05) is 35.0 Å². The number of aliphatic hydroxyl groups is 1. The number of nitrogens with one attached hydrogen (secondary N) is 2. The largest absolute Gasteiger partial charge is 0.504 e. The molecular weight excluding hydrogens is 376 g/mol. The predicted molar refractivity (Wildman–Crippen MR) is 118 cm³/mol. The zero-order chi connectivity index (χ0) is 21.3. The molecule has 3 rings (SSSR count). The van der Waals surface area contributed by atoms with E-state index in [1.165, 1.54) is 6.26 Å². The Labute approximate surface area is 175 Å². The molecule has 0 spiro atoms. The molecule has 5 nitrogen and oxygen atoms in total. The Morgan fingerprint density at radius 2 is 1.63 bits per heavy atom. The van der Waals surface area contributed by atoms with Crippen LogP contribution in [0.25, 0.3) is 0 Å². The van der Waals surface area contributed by atoms with Gasteiger partial charge in [0.05, 0.1) is 12.8 Å². The SMILES string of the molecule is C=C1C=COC(CNc2ccc(C#CC#Cc3ccc(C(=O)NC)cc3)cc2)=C1O. The Morgan fingerprint density at radius 3 is 2.23 bits per heavy atom. The number of hydrogen-bond donors (Lipinski definition) is 3. The van der Waals surface area contributed by atoms with Crippen LogP contribution in [0.5, 0.6) is 0 Å². The van der Waals surface area contributed by atoms with E-state index >= 15 is 0 Å². The number of ether oxygens (including phenoxy) is 1. The molecular formula is C25H20N2O3. The van der Waals surface area contributed by atoms with Crippen LogP contribution in [0.2, 0.25) is 0 Å². The molecule has 2 aromatic rings. The molecule has 2 aromatic carbocycles. The normalized spacial score (nSPS) is 12.1. The van der Waals surface area contributed by atoms with E-state index in [0.717, 1.165) is 16.8 Å². The Hall–Kier alpha value is -4.35. The number of benzene rings is 2. The number of carbonyl (C=O) groups is 1. The van der Waals surface area contributed by atoms with E-state index in [1.54, 1.807) is 37.4 Å². The minimum Gasteiger partial charge on any atom is -0.504 e. The fourth-order valence-corrected chi connectivity index (χ4v) is 2.55. The first-order chi connectivity index (χ1) is 14.6. The second-order valence-corrected chi connectivity index (χ2v) is 6.31. The number of carbonyl (C=O) groups excluding carboxylic acids is 1. The lowest BCUT2D eigenvalue weighted by Crippen LogP contribution is -2.17. The molecule has 30 heavy (non-hydrogen) atoms. The lowest BCUT2D eigenvalue weighted by molar-refractivity contribution is 0.0963. The highest BCUT2D eigenvalue weighted by Crippen LogP contribution is 2.19. The van der Waals surface area contributed by atoms with E-state index in [-0.39, 0.29) is 11.7 Å². The zero-order valence-electron chi connectivity index (χ0n) is 16.5. The van der Waals surface area contributed by atoms with E-state index < -0.39 is 0 Å². The minimum atomic E-state index is -0.130. The van der Waals surface area contributed by atoms with Gasteiger partial charge in [-0.3, -0.25) is 4.79 Å². The van der Waals surface area contributed by atoms with Crippen molar-refractivity contribution >= 4 is 11.6 Å². The fourth-order valence-electron chi connectivity index (χ4n) is 2.55. The zero-order valence-corrected chi connectivity index (χ0v) is 16.5. The second-order valence-electron chi connectivity index (χ2n) is 6.31. The molecule has 0 saturated carbocycles. The summed E-state index contributed by atoms with van der Waals surface area (Å²) in [4.78, 5) is 11.5. The summed E-state index contributed by atoms with van der Waals surface area (Å²) >= 11 is 0. The van der Waals surface area contributed by atoms with E-state index in [9.17, 15) is 9.90 Å². The Bertz CT molecular complexity index is 1130. The predicted octanol–water partition coefficient (Wildman–Crippen LogP) is 3.73. The first-order valence-corrected chi connectivity index (χ1v) is 9.19. The lowest BCUT2D eigenvalue weighted by Gasteiger charge is -2.15. The molecule has 1 heterocycles. The summed E-state index contributed by atoms with van der Waals surface area (Å²) in [5, 5.41) is 15.7. The van der Waals surface area contributed by atoms with Crippen LogP contribution < -0.4 is 10.6 Å². The van der Waals surface area contributed by atoms with Crippen molar-refractivity contribution in [3.63, 3.8) is 0 Å². The average Bonchev–Trinajstić information content (AvgIpc) is 2.78. The van der Waals surface area contributed by atoms with Gasteiger partial charge in [0.1, 0.15) is 0 Å². The Morgan fingerprint density at radius 1 is 1.03 bits per heavy atom. The van der Waals surface area contributed by atoms with Crippen molar-refractivity contribution in [2.45, 2.75) is 0 Å². The van der Waals surface area contributed by atoms with Crippen LogP contribution in [0, 0.1) is 23.7 Å². The molecule has 0 radical (unpaired) electrons. The molecule has 0 unspecified atom stereocenters. The molecule has 3 N–H and O–H groups in total. The van der Waals surface area contributed by atoms with Crippen LogP contribution in [0.3, 0.4) is 0 Å². The third kappa shape index (κ3) is 5.34. The quantitative estimate of drug-likeness (QED) is 0.689. The third-order valence-corrected chi connectivity index (χ3v) is 4.24. The van der Waals surface area contributed by atoms with Gasteiger partial charge in [-0.05, 0) is 66.4 Å². The molecule has 0 aliphatic carbocycles. The van der Waals surface area contributed by atoms with Gasteiger partial charge in [0.2, 0.25) is 0 Å². The van der Waals surface area contributed by atoms with Crippen LogP contribution in [0.4, 0.5) is 5.69 Å². The van der Waals surface area contributed by atoms with E-state index in [1.807, 2.05) is 24.3 Å². The summed E-state index contributed by atoms with van der Waals surface area (Å²) in [7, 11) is 1.59. The van der Waals surface area contributed by atoms with E-state index in [0.29, 0.717) is 23.4 Å². The molecule has 0 fully saturated rings. The Kier molecular flexibility index (Phi) is 6.61. The number of anilines is 1. The average molecular weight is 396 g/mol. The van der Waals surface area contributed by atoms with Crippen LogP contribution in [0.15, 0.2) is 84.5 Å². The first-order valence-electron chi connectivity index (χ1n) is 9.19. The van der Waals surface area contributed by atoms with Crippen molar-refractivity contribution in [2.75, 3.05) is 18.9 Å². The summed E-state index contributed by atoms with van der Waals surface area (Å²) in [6.07, 6.45) is 3.10. The molecule has 5 heteroatoms. The summed E-state index contributed by atoms with van der Waals surface area (Å²) in [6.45, 7) is 4.07. The number of hydrogen-bond acceptors (Lipinski definition) is 4. The monoisotopic (exact) mass is 396 g/mol. The first kappa shape index (κ1) is 20.4. The van der Waals surface area contributed by atoms with E-state index in [2.05, 4.69) is 40.9 Å². The van der Waals surface area contributed by atoms with Crippen molar-refractivity contribution in [3.05, 3.63) is 101 Å². The molecule has 1 aliphatic rings. The van der Waals surface area contributed by atoms with Gasteiger partial charge in [-0.2, -0.15) is 0 Å². The van der Waals surface area contributed by atoms with Crippen LogP contribution in [0.1, 0.15) is 21.5 Å². The number of rotatable bonds is 4. The molecule has 0 bridgehead atoms. The van der Waals surface area contributed by atoms with Crippen molar-refractivity contribution in [1.82, 2.24) is 5.32 Å². The van der Waals surface area contributed by atoms with Crippen molar-refractivity contribution in [1.29, 1.82) is 0 Å². The highest BCUT2D eigenvalue weighted by atomic mass is 16.5. The van der Waals surface area contributed by atoms with Crippen LogP contribution >= 0.6 is 0 Å². The smallest absolute Gasteiger partial charge is 0.251 e. The maximum Gasteiger partial charge on any atom is 0.251 e. The van der Waals surface area contributed by atoms with E-state index in [4.69, 9.17) is 4.74 Å². The number of amides is 1. The summed E-state index contributed by atoms with van der Waals surface area (Å²) < 4.78 is 5.30. The molecule has 1 amide bonds. The summed E-state index contributed by atoms with van der Waals surface area (Å²) in [5.41, 5.74) is 3.60. The molecule has 148 valence electrons. The summed E-state index contributed by atoms with van der Waals surface area (Å²) in [5.74, 6) is 11.9. The topological polar surface area (TPSA) is 70.6 Å².